The summed E-state index contributed by atoms with van der Waals surface area (Å²) in [5.74, 6) is -1.55. The average molecular weight is 336 g/mol. The number of aliphatic carboxylic acids is 1. The molecule has 0 saturated heterocycles. The van der Waals surface area contributed by atoms with E-state index < -0.39 is 30.1 Å². The smallest absolute Gasteiger partial charge is 0.408 e. The van der Waals surface area contributed by atoms with Crippen LogP contribution in [0.1, 0.15) is 32.8 Å². The van der Waals surface area contributed by atoms with Crippen LogP contribution in [-0.2, 0) is 20.9 Å². The first-order valence-electron chi connectivity index (χ1n) is 7.80. The van der Waals surface area contributed by atoms with Gasteiger partial charge in [-0.2, -0.15) is 0 Å². The standard InChI is InChI=1S/C17H24N2O5/c1-11(2)9-14(16(21)22)19-15(20)12(3)18-17(23)24-10-13-7-5-4-6-8-13/h4-8,11-12,14H,9-10H2,1-3H3,(H,18,23)(H,19,20)(H,21,22)/t12-,14+/m0/s1. The van der Waals surface area contributed by atoms with Crippen LogP contribution >= 0.6 is 0 Å². The lowest BCUT2D eigenvalue weighted by Crippen LogP contribution is -2.50. The summed E-state index contributed by atoms with van der Waals surface area (Å²) in [6.07, 6.45) is -0.427. The van der Waals surface area contributed by atoms with E-state index in [2.05, 4.69) is 10.6 Å². The molecule has 0 aliphatic rings. The van der Waals surface area contributed by atoms with E-state index in [4.69, 9.17) is 9.84 Å². The molecule has 3 N–H and O–H groups in total. The Labute approximate surface area is 141 Å². The normalized spacial score (nSPS) is 13.0. The summed E-state index contributed by atoms with van der Waals surface area (Å²) in [6.45, 7) is 5.29. The summed E-state index contributed by atoms with van der Waals surface area (Å²) in [5, 5.41) is 13.9. The zero-order chi connectivity index (χ0) is 18.1. The molecule has 7 heteroatoms. The number of ether oxygens (including phenoxy) is 1. The zero-order valence-electron chi connectivity index (χ0n) is 14.1. The number of carbonyl (C=O) groups excluding carboxylic acids is 2. The van der Waals surface area contributed by atoms with Crippen LogP contribution in [0.25, 0.3) is 0 Å². The number of carbonyl (C=O) groups is 3. The monoisotopic (exact) mass is 336 g/mol. The number of amides is 2. The lowest BCUT2D eigenvalue weighted by molar-refractivity contribution is -0.142. The van der Waals surface area contributed by atoms with Gasteiger partial charge in [-0.05, 0) is 24.8 Å². The molecule has 132 valence electrons. The van der Waals surface area contributed by atoms with Crippen molar-refractivity contribution in [1.29, 1.82) is 0 Å². The molecule has 1 aromatic carbocycles. The third kappa shape index (κ3) is 7.13. The maximum Gasteiger partial charge on any atom is 0.408 e. The van der Waals surface area contributed by atoms with Gasteiger partial charge in [-0.25, -0.2) is 9.59 Å². The Kier molecular flexibility index (Phi) is 7.74. The zero-order valence-corrected chi connectivity index (χ0v) is 14.1. The van der Waals surface area contributed by atoms with Crippen molar-refractivity contribution in [1.82, 2.24) is 10.6 Å². The highest BCUT2D eigenvalue weighted by Gasteiger charge is 2.24. The van der Waals surface area contributed by atoms with E-state index in [0.717, 1.165) is 5.56 Å². The fourth-order valence-electron chi connectivity index (χ4n) is 2.00. The highest BCUT2D eigenvalue weighted by molar-refractivity contribution is 5.88. The molecule has 0 unspecified atom stereocenters. The second-order valence-electron chi connectivity index (χ2n) is 5.96. The third-order valence-corrected chi connectivity index (χ3v) is 3.26. The molecule has 1 aromatic rings. The molecular weight excluding hydrogens is 312 g/mol. The highest BCUT2D eigenvalue weighted by Crippen LogP contribution is 2.05. The lowest BCUT2D eigenvalue weighted by Gasteiger charge is -2.19. The first-order valence-corrected chi connectivity index (χ1v) is 7.80. The van der Waals surface area contributed by atoms with Gasteiger partial charge in [0.2, 0.25) is 5.91 Å². The predicted octanol–water partition coefficient (Wildman–Crippen LogP) is 1.92. The molecule has 0 bridgehead atoms. The number of hydrogen-bond acceptors (Lipinski definition) is 4. The minimum Gasteiger partial charge on any atom is -0.480 e. The summed E-state index contributed by atoms with van der Waals surface area (Å²) in [6, 6.07) is 7.25. The minimum atomic E-state index is -1.10. The van der Waals surface area contributed by atoms with Crippen molar-refractivity contribution < 1.29 is 24.2 Å². The van der Waals surface area contributed by atoms with Crippen molar-refractivity contribution >= 4 is 18.0 Å². The summed E-state index contributed by atoms with van der Waals surface area (Å²) in [4.78, 5) is 34.9. The van der Waals surface area contributed by atoms with Crippen molar-refractivity contribution in [3.05, 3.63) is 35.9 Å². The summed E-state index contributed by atoms with van der Waals surface area (Å²) in [5.41, 5.74) is 0.827. The lowest BCUT2D eigenvalue weighted by atomic mass is 10.0. The molecule has 7 nitrogen and oxygen atoms in total. The van der Waals surface area contributed by atoms with Gasteiger partial charge in [-0.15, -0.1) is 0 Å². The minimum absolute atomic E-state index is 0.0894. The quantitative estimate of drug-likeness (QED) is 0.673. The Morgan fingerprint density at radius 3 is 2.25 bits per heavy atom. The molecule has 24 heavy (non-hydrogen) atoms. The van der Waals surface area contributed by atoms with Gasteiger partial charge in [-0.1, -0.05) is 44.2 Å². The molecule has 0 radical (unpaired) electrons. The molecule has 0 heterocycles. The van der Waals surface area contributed by atoms with Crippen molar-refractivity contribution in [3.63, 3.8) is 0 Å². The highest BCUT2D eigenvalue weighted by atomic mass is 16.5. The van der Waals surface area contributed by atoms with Crippen LogP contribution in [0.4, 0.5) is 4.79 Å². The third-order valence-electron chi connectivity index (χ3n) is 3.26. The number of hydrogen-bond donors (Lipinski definition) is 3. The molecule has 1 rings (SSSR count). The first kappa shape index (κ1) is 19.5. The molecular formula is C17H24N2O5. The van der Waals surface area contributed by atoms with Crippen LogP contribution in [0.3, 0.4) is 0 Å². The van der Waals surface area contributed by atoms with Gasteiger partial charge in [0.25, 0.3) is 0 Å². The van der Waals surface area contributed by atoms with Crippen LogP contribution < -0.4 is 10.6 Å². The van der Waals surface area contributed by atoms with Crippen molar-refractivity contribution in [2.45, 2.75) is 45.9 Å². The summed E-state index contributed by atoms with van der Waals surface area (Å²) >= 11 is 0. The van der Waals surface area contributed by atoms with Crippen LogP contribution in [0.15, 0.2) is 30.3 Å². The van der Waals surface area contributed by atoms with Crippen LogP contribution in [0.2, 0.25) is 0 Å². The van der Waals surface area contributed by atoms with Gasteiger partial charge < -0.3 is 20.5 Å². The fraction of sp³-hybridized carbons (Fsp3) is 0.471. The van der Waals surface area contributed by atoms with Crippen molar-refractivity contribution in [3.8, 4) is 0 Å². The van der Waals surface area contributed by atoms with E-state index in [9.17, 15) is 14.4 Å². The second kappa shape index (κ2) is 9.54. The van der Waals surface area contributed by atoms with Gasteiger partial charge in [0.05, 0.1) is 0 Å². The van der Waals surface area contributed by atoms with Gasteiger partial charge in [-0.3, -0.25) is 4.79 Å². The molecule has 2 amide bonds. The Morgan fingerprint density at radius 1 is 1.08 bits per heavy atom. The topological polar surface area (TPSA) is 105 Å². The van der Waals surface area contributed by atoms with Crippen LogP contribution in [-0.4, -0.2) is 35.2 Å². The molecule has 0 spiro atoms. The maximum atomic E-state index is 12.0. The number of benzene rings is 1. The first-order chi connectivity index (χ1) is 11.3. The maximum absolute atomic E-state index is 12.0. The molecule has 0 aliphatic carbocycles. The van der Waals surface area contributed by atoms with E-state index in [-0.39, 0.29) is 12.5 Å². The summed E-state index contributed by atoms with van der Waals surface area (Å²) < 4.78 is 5.02. The number of rotatable bonds is 8. The van der Waals surface area contributed by atoms with E-state index in [0.29, 0.717) is 6.42 Å². The molecule has 0 fully saturated rings. The Balaban J connectivity index is 2.44. The SMILES string of the molecule is CC(C)C[C@@H](NC(=O)[C@H](C)NC(=O)OCc1ccccc1)C(=O)O. The Bertz CT molecular complexity index is 559. The van der Waals surface area contributed by atoms with E-state index >= 15 is 0 Å². The van der Waals surface area contributed by atoms with Crippen molar-refractivity contribution in [2.75, 3.05) is 0 Å². The number of nitrogens with one attached hydrogen (secondary N) is 2. The molecule has 0 aliphatic heterocycles. The van der Waals surface area contributed by atoms with Gasteiger partial charge >= 0.3 is 12.1 Å². The second-order valence-corrected chi connectivity index (χ2v) is 5.96. The average Bonchev–Trinajstić information content (AvgIpc) is 2.52. The van der Waals surface area contributed by atoms with Gasteiger partial charge in [0, 0.05) is 0 Å². The Morgan fingerprint density at radius 2 is 1.71 bits per heavy atom. The largest absolute Gasteiger partial charge is 0.480 e. The van der Waals surface area contributed by atoms with E-state index in [1.807, 2.05) is 44.2 Å². The van der Waals surface area contributed by atoms with E-state index in [1.54, 1.807) is 0 Å². The predicted molar refractivity (Wildman–Crippen MR) is 88.2 cm³/mol. The molecule has 0 saturated carbocycles. The van der Waals surface area contributed by atoms with Crippen LogP contribution in [0, 0.1) is 5.92 Å². The summed E-state index contributed by atoms with van der Waals surface area (Å²) in [7, 11) is 0. The fourth-order valence-corrected chi connectivity index (χ4v) is 2.00. The van der Waals surface area contributed by atoms with E-state index in [1.165, 1.54) is 6.92 Å². The number of carboxylic acids is 1. The van der Waals surface area contributed by atoms with Gasteiger partial charge in [0.1, 0.15) is 18.7 Å². The molecule has 2 atom stereocenters. The number of alkyl carbamates (subject to hydrolysis) is 1. The molecule has 0 aromatic heterocycles. The van der Waals surface area contributed by atoms with Crippen molar-refractivity contribution in [2.24, 2.45) is 5.92 Å². The van der Waals surface area contributed by atoms with Gasteiger partial charge in [0.15, 0.2) is 0 Å². The number of carboxylic acid groups (broad SMARTS) is 1. The van der Waals surface area contributed by atoms with Crippen LogP contribution in [0.5, 0.6) is 0 Å². The Hall–Kier alpha value is -2.57.